The van der Waals surface area contributed by atoms with Crippen molar-refractivity contribution in [3.8, 4) is 0 Å². The molecule has 0 aromatic carbocycles. The Kier molecular flexibility index (Phi) is 3.11. The summed E-state index contributed by atoms with van der Waals surface area (Å²) in [5.74, 6) is 0. The molecule has 4 nitrogen and oxygen atoms in total. The molecular weight excluding hydrogens is 232 g/mol. The van der Waals surface area contributed by atoms with E-state index in [1.165, 1.54) is 9.18 Å². The molecule has 15 heavy (non-hydrogen) atoms. The molecule has 0 aliphatic carbocycles. The fraction of sp³-hybridized carbons (Fsp3) is 0.556. The maximum Gasteiger partial charge on any atom is 0.279 e. The lowest BCUT2D eigenvalue weighted by molar-refractivity contribution is 0.387. The predicted octanol–water partition coefficient (Wildman–Crippen LogP) is 0.961. The molecule has 0 spiro atoms. The number of hydrogen-bond acceptors (Lipinski definition) is 3. The number of hydrogen-bond donors (Lipinski definition) is 1. The lowest BCUT2D eigenvalue weighted by Gasteiger charge is -2.25. The highest BCUT2D eigenvalue weighted by Gasteiger charge is 2.26. The largest absolute Gasteiger partial charge is 0.279 e. The van der Waals surface area contributed by atoms with Gasteiger partial charge in [-0.15, -0.1) is 11.3 Å². The number of rotatable bonds is 3. The van der Waals surface area contributed by atoms with Gasteiger partial charge in [-0.2, -0.15) is 12.7 Å². The number of thiophene rings is 1. The van der Waals surface area contributed by atoms with Crippen LogP contribution in [-0.4, -0.2) is 25.8 Å². The Bertz CT molecular complexity index is 439. The smallest absolute Gasteiger partial charge is 0.202 e. The van der Waals surface area contributed by atoms with E-state index in [9.17, 15) is 8.42 Å². The van der Waals surface area contributed by atoms with Crippen LogP contribution in [0.5, 0.6) is 0 Å². The van der Waals surface area contributed by atoms with E-state index in [4.69, 9.17) is 0 Å². The molecule has 1 aliphatic heterocycles. The Labute approximate surface area is 94.1 Å². The van der Waals surface area contributed by atoms with Gasteiger partial charge in [0, 0.05) is 24.5 Å². The Hall–Kier alpha value is -0.430. The second kappa shape index (κ2) is 4.21. The van der Waals surface area contributed by atoms with E-state index < -0.39 is 10.2 Å². The van der Waals surface area contributed by atoms with Crippen LogP contribution >= 0.6 is 11.3 Å². The number of nitrogens with zero attached hydrogens (tertiary/aromatic N) is 1. The fourth-order valence-corrected chi connectivity index (χ4v) is 3.78. The summed E-state index contributed by atoms with van der Waals surface area (Å²) in [5.41, 5.74) is 1.15. The zero-order chi connectivity index (χ0) is 10.9. The van der Waals surface area contributed by atoms with Crippen LogP contribution in [0.15, 0.2) is 11.4 Å². The second-order valence-corrected chi connectivity index (χ2v) is 6.21. The predicted molar refractivity (Wildman–Crippen MR) is 61.0 cm³/mol. The van der Waals surface area contributed by atoms with Crippen LogP contribution in [0.1, 0.15) is 17.4 Å². The molecule has 0 radical (unpaired) electrons. The third kappa shape index (κ3) is 2.23. The SMILES string of the molecule is CCNS(=O)(=O)N1CCc2sccc2C1. The van der Waals surface area contributed by atoms with Crippen molar-refractivity contribution >= 4 is 21.5 Å². The molecule has 0 bridgehead atoms. The molecule has 2 heterocycles. The molecule has 1 aliphatic rings. The molecule has 84 valence electrons. The summed E-state index contributed by atoms with van der Waals surface area (Å²) in [6.45, 7) is 3.32. The first-order valence-electron chi connectivity index (χ1n) is 4.93. The van der Waals surface area contributed by atoms with Crippen molar-refractivity contribution in [1.29, 1.82) is 0 Å². The topological polar surface area (TPSA) is 49.4 Å². The van der Waals surface area contributed by atoms with Crippen LogP contribution in [0, 0.1) is 0 Å². The van der Waals surface area contributed by atoms with Crippen LogP contribution in [0.25, 0.3) is 0 Å². The van der Waals surface area contributed by atoms with Crippen molar-refractivity contribution in [2.45, 2.75) is 19.9 Å². The highest BCUT2D eigenvalue weighted by molar-refractivity contribution is 7.87. The van der Waals surface area contributed by atoms with Crippen molar-refractivity contribution < 1.29 is 8.42 Å². The lowest BCUT2D eigenvalue weighted by Crippen LogP contribution is -2.42. The van der Waals surface area contributed by atoms with E-state index in [1.807, 2.05) is 11.4 Å². The normalized spacial score (nSPS) is 17.7. The van der Waals surface area contributed by atoms with Crippen LogP contribution in [0.4, 0.5) is 0 Å². The van der Waals surface area contributed by atoms with Gasteiger partial charge in [-0.25, -0.2) is 4.72 Å². The number of fused-ring (bicyclic) bond motifs is 1. The van der Waals surface area contributed by atoms with Gasteiger partial charge in [-0.05, 0) is 23.4 Å². The lowest BCUT2D eigenvalue weighted by atomic mass is 10.1. The second-order valence-electron chi connectivity index (χ2n) is 3.46. The molecule has 0 fully saturated rings. The van der Waals surface area contributed by atoms with E-state index in [0.717, 1.165) is 12.0 Å². The van der Waals surface area contributed by atoms with E-state index in [2.05, 4.69) is 4.72 Å². The molecule has 1 aromatic rings. The monoisotopic (exact) mass is 246 g/mol. The summed E-state index contributed by atoms with van der Waals surface area (Å²) in [4.78, 5) is 1.32. The van der Waals surface area contributed by atoms with Gasteiger partial charge in [-0.1, -0.05) is 6.92 Å². The standard InChI is InChI=1S/C9H14N2O2S2/c1-2-10-15(12,13)11-5-3-9-8(7-11)4-6-14-9/h4,6,10H,2-3,5,7H2,1H3. The van der Waals surface area contributed by atoms with Crippen molar-refractivity contribution in [3.05, 3.63) is 21.9 Å². The van der Waals surface area contributed by atoms with E-state index in [0.29, 0.717) is 19.6 Å². The highest BCUT2D eigenvalue weighted by Crippen LogP contribution is 2.24. The summed E-state index contributed by atoms with van der Waals surface area (Å²) >= 11 is 1.71. The van der Waals surface area contributed by atoms with Gasteiger partial charge in [0.05, 0.1) is 0 Å². The van der Waals surface area contributed by atoms with Gasteiger partial charge < -0.3 is 0 Å². The molecule has 0 amide bonds. The Morgan fingerprint density at radius 1 is 1.60 bits per heavy atom. The van der Waals surface area contributed by atoms with Gasteiger partial charge >= 0.3 is 0 Å². The minimum atomic E-state index is -3.27. The van der Waals surface area contributed by atoms with Crippen LogP contribution in [0.3, 0.4) is 0 Å². The van der Waals surface area contributed by atoms with E-state index >= 15 is 0 Å². The van der Waals surface area contributed by atoms with Gasteiger partial charge in [0.25, 0.3) is 10.2 Å². The zero-order valence-electron chi connectivity index (χ0n) is 8.56. The Morgan fingerprint density at radius 3 is 3.13 bits per heavy atom. The van der Waals surface area contributed by atoms with E-state index in [-0.39, 0.29) is 0 Å². The summed E-state index contributed by atoms with van der Waals surface area (Å²) in [5, 5.41) is 2.02. The average Bonchev–Trinajstić information content (AvgIpc) is 2.63. The Morgan fingerprint density at radius 2 is 2.40 bits per heavy atom. The molecule has 2 rings (SSSR count). The summed E-state index contributed by atoms with van der Waals surface area (Å²) < 4.78 is 27.5. The van der Waals surface area contributed by atoms with Crippen LogP contribution < -0.4 is 4.72 Å². The zero-order valence-corrected chi connectivity index (χ0v) is 10.2. The molecule has 0 saturated carbocycles. The summed E-state index contributed by atoms with van der Waals surface area (Å²) in [7, 11) is -3.27. The number of nitrogens with one attached hydrogen (secondary N) is 1. The minimum Gasteiger partial charge on any atom is -0.202 e. The van der Waals surface area contributed by atoms with Crippen molar-refractivity contribution in [1.82, 2.24) is 9.03 Å². The molecule has 1 aromatic heterocycles. The van der Waals surface area contributed by atoms with Crippen molar-refractivity contribution in [3.63, 3.8) is 0 Å². The molecule has 6 heteroatoms. The molecule has 0 atom stereocenters. The first kappa shape index (κ1) is 11.1. The first-order valence-corrected chi connectivity index (χ1v) is 7.25. The van der Waals surface area contributed by atoms with Gasteiger partial charge in [0.2, 0.25) is 0 Å². The summed E-state index contributed by atoms with van der Waals surface area (Å²) in [6, 6.07) is 2.01. The van der Waals surface area contributed by atoms with Gasteiger partial charge in [0.1, 0.15) is 0 Å². The van der Waals surface area contributed by atoms with Gasteiger partial charge in [-0.3, -0.25) is 0 Å². The van der Waals surface area contributed by atoms with Crippen molar-refractivity contribution in [2.24, 2.45) is 0 Å². The van der Waals surface area contributed by atoms with Crippen LogP contribution in [0.2, 0.25) is 0 Å². The maximum atomic E-state index is 11.7. The third-order valence-corrected chi connectivity index (χ3v) is 5.11. The fourth-order valence-electron chi connectivity index (χ4n) is 1.70. The highest BCUT2D eigenvalue weighted by atomic mass is 32.2. The van der Waals surface area contributed by atoms with Crippen molar-refractivity contribution in [2.75, 3.05) is 13.1 Å². The average molecular weight is 246 g/mol. The summed E-state index contributed by atoms with van der Waals surface area (Å²) in [6.07, 6.45) is 0.831. The molecular formula is C9H14N2O2S2. The van der Waals surface area contributed by atoms with E-state index in [1.54, 1.807) is 18.3 Å². The maximum absolute atomic E-state index is 11.7. The van der Waals surface area contributed by atoms with Crippen LogP contribution in [-0.2, 0) is 23.2 Å². The Balaban J connectivity index is 2.16. The molecule has 1 N–H and O–H groups in total. The first-order chi connectivity index (χ1) is 7.13. The third-order valence-electron chi connectivity index (χ3n) is 2.44. The molecule has 0 unspecified atom stereocenters. The quantitative estimate of drug-likeness (QED) is 0.863. The molecule has 0 saturated heterocycles. The minimum absolute atomic E-state index is 0.440. The van der Waals surface area contributed by atoms with Gasteiger partial charge in [0.15, 0.2) is 0 Å².